The summed E-state index contributed by atoms with van der Waals surface area (Å²) in [4.78, 5) is 0. The molecule has 0 aliphatic rings. The molecule has 0 rings (SSSR count). The van der Waals surface area contributed by atoms with E-state index in [-0.39, 0.29) is 6.61 Å². The van der Waals surface area contributed by atoms with Crippen molar-refractivity contribution in [2.45, 2.75) is 6.42 Å². The third-order valence-electron chi connectivity index (χ3n) is 0.882. The lowest BCUT2D eigenvalue weighted by Gasteiger charge is -2.04. The molecule has 0 unspecified atom stereocenters. The van der Waals surface area contributed by atoms with Crippen molar-refractivity contribution >= 4 is 36.5 Å². The molecular formula is C5H11N3O2S2. The molecule has 0 aromatic carbocycles. The molecule has 0 aliphatic carbocycles. The Balaban J connectivity index is 3.29. The maximum Gasteiger partial charge on any atom is 0.208 e. The SMILES string of the molecule is [3H]SOC=NNC(=S)NCCCO. The zero-order valence-corrected chi connectivity index (χ0v) is 7.95. The van der Waals surface area contributed by atoms with Crippen molar-refractivity contribution in [1.29, 1.82) is 1.12 Å². The second-order valence-corrected chi connectivity index (χ2v) is 2.38. The van der Waals surface area contributed by atoms with E-state index in [9.17, 15) is 0 Å². The van der Waals surface area contributed by atoms with Crippen molar-refractivity contribution in [3.63, 3.8) is 0 Å². The molecule has 0 aromatic heterocycles. The zero-order chi connectivity index (χ0) is 9.94. The van der Waals surface area contributed by atoms with Crippen LogP contribution in [0.1, 0.15) is 6.42 Å². The Morgan fingerprint density at radius 3 is 3.42 bits per heavy atom. The van der Waals surface area contributed by atoms with Crippen LogP contribution in [0.5, 0.6) is 0 Å². The molecule has 0 heterocycles. The first-order chi connectivity index (χ1) is 6.31. The van der Waals surface area contributed by atoms with Crippen molar-refractivity contribution in [3.05, 3.63) is 0 Å². The number of thiol groups is 1. The summed E-state index contributed by atoms with van der Waals surface area (Å²) in [5, 5.41) is 15.1. The van der Waals surface area contributed by atoms with Crippen LogP contribution in [0.2, 0.25) is 0 Å². The highest BCUT2D eigenvalue weighted by molar-refractivity contribution is 7.80. The lowest BCUT2D eigenvalue weighted by molar-refractivity contribution is 0.289. The minimum Gasteiger partial charge on any atom is -0.415 e. The van der Waals surface area contributed by atoms with Crippen LogP contribution < -0.4 is 10.7 Å². The predicted octanol–water partition coefficient (Wildman–Crippen LogP) is -0.362. The van der Waals surface area contributed by atoms with Gasteiger partial charge in [0.15, 0.2) is 5.11 Å². The molecule has 0 atom stereocenters. The number of hydrogen-bond acceptors (Lipinski definition) is 5. The summed E-state index contributed by atoms with van der Waals surface area (Å²) in [5.41, 5.74) is 2.46. The van der Waals surface area contributed by atoms with Crippen LogP contribution in [0.3, 0.4) is 0 Å². The molecule has 0 aromatic rings. The van der Waals surface area contributed by atoms with E-state index >= 15 is 0 Å². The maximum atomic E-state index is 8.45. The number of nitrogens with zero attached hydrogens (tertiary/aromatic N) is 1. The quantitative estimate of drug-likeness (QED) is 0.0919. The Hall–Kier alpha value is -0.530. The van der Waals surface area contributed by atoms with Gasteiger partial charge in [0, 0.05) is 26.0 Å². The van der Waals surface area contributed by atoms with Crippen LogP contribution in [0.25, 0.3) is 0 Å². The standard InChI is InChI=1S/C5H11N3O2S2/c9-3-1-2-6-5(11)8-7-4-10-12/h4,9,12H,1-3H2,(H2,6,8,11)/i/hT. The smallest absolute Gasteiger partial charge is 0.208 e. The fraction of sp³-hybridized carbons (Fsp3) is 0.600. The van der Waals surface area contributed by atoms with E-state index in [0.29, 0.717) is 30.9 Å². The first-order valence-corrected chi connectivity index (χ1v) is 4.00. The highest BCUT2D eigenvalue weighted by Crippen LogP contribution is 1.74. The molecule has 0 bridgehead atoms. The van der Waals surface area contributed by atoms with E-state index in [4.69, 9.17) is 18.4 Å². The topological polar surface area (TPSA) is 65.9 Å². The highest BCUT2D eigenvalue weighted by Gasteiger charge is 1.90. The Morgan fingerprint density at radius 2 is 2.75 bits per heavy atom. The van der Waals surface area contributed by atoms with Crippen LogP contribution in [0.4, 0.5) is 0 Å². The Bertz CT molecular complexity index is 170. The van der Waals surface area contributed by atoms with E-state index < -0.39 is 0 Å². The molecule has 12 heavy (non-hydrogen) atoms. The predicted molar refractivity (Wildman–Crippen MR) is 54.0 cm³/mol. The molecule has 0 aliphatic heterocycles. The Labute approximate surface area is 82.9 Å². The molecule has 5 nitrogen and oxygen atoms in total. The van der Waals surface area contributed by atoms with Gasteiger partial charge in [0.25, 0.3) is 0 Å². The van der Waals surface area contributed by atoms with E-state index in [1.54, 1.807) is 0 Å². The fourth-order valence-electron chi connectivity index (χ4n) is 0.427. The minimum atomic E-state index is 0.122. The number of thiocarbonyl (C=S) groups is 1. The number of rotatable bonds is 6. The maximum absolute atomic E-state index is 8.45. The van der Waals surface area contributed by atoms with Crippen LogP contribution in [-0.4, -0.2) is 30.9 Å². The normalized spacial score (nSPS) is 10.9. The lowest BCUT2D eigenvalue weighted by atomic mass is 10.5. The molecule has 0 saturated carbocycles. The van der Waals surface area contributed by atoms with Gasteiger partial charge in [0.05, 0.1) is 0 Å². The first-order valence-electron chi connectivity index (χ1n) is 3.67. The lowest BCUT2D eigenvalue weighted by Crippen LogP contribution is -2.32. The van der Waals surface area contributed by atoms with Gasteiger partial charge in [-0.1, -0.05) is 0 Å². The summed E-state index contributed by atoms with van der Waals surface area (Å²) in [6.45, 7) is 0.712. The summed E-state index contributed by atoms with van der Waals surface area (Å²) in [6.07, 6.45) is 1.70. The second kappa shape index (κ2) is 8.57. The van der Waals surface area contributed by atoms with Crippen LogP contribution in [0, 0.1) is 0 Å². The minimum absolute atomic E-state index is 0.122. The summed E-state index contributed by atoms with van der Waals surface area (Å²) < 4.78 is 10.9. The number of hydrogen-bond donors (Lipinski definition) is 4. The largest absolute Gasteiger partial charge is 0.415 e. The van der Waals surface area contributed by atoms with Gasteiger partial charge in [-0.25, -0.2) is 0 Å². The van der Waals surface area contributed by atoms with Gasteiger partial charge in [0.2, 0.25) is 6.40 Å². The zero-order valence-electron chi connectivity index (χ0n) is 7.32. The van der Waals surface area contributed by atoms with E-state index in [2.05, 4.69) is 20.0 Å². The average Bonchev–Trinajstić information content (AvgIpc) is 2.13. The van der Waals surface area contributed by atoms with Gasteiger partial charge >= 0.3 is 0 Å². The molecule has 70 valence electrons. The van der Waals surface area contributed by atoms with Gasteiger partial charge in [-0.15, -0.1) is 5.10 Å². The van der Waals surface area contributed by atoms with Crippen molar-refractivity contribution in [1.82, 2.24) is 10.7 Å². The van der Waals surface area contributed by atoms with E-state index in [1.165, 1.54) is 0 Å². The molecule has 0 fully saturated rings. The van der Waals surface area contributed by atoms with Crippen LogP contribution in [-0.2, 0) is 4.18 Å². The Kier molecular flexibility index (Phi) is 6.82. The molecule has 0 radical (unpaired) electrons. The summed E-state index contributed by atoms with van der Waals surface area (Å²) in [5.74, 6) is 0. The van der Waals surface area contributed by atoms with Gasteiger partial charge in [-0.3, -0.25) is 5.43 Å². The Morgan fingerprint density at radius 1 is 1.92 bits per heavy atom. The van der Waals surface area contributed by atoms with Crippen LogP contribution >= 0.6 is 25.0 Å². The van der Waals surface area contributed by atoms with E-state index in [0.717, 1.165) is 6.40 Å². The van der Waals surface area contributed by atoms with Crippen molar-refractivity contribution in [2.24, 2.45) is 5.10 Å². The molecule has 0 saturated heterocycles. The second-order valence-electron chi connectivity index (χ2n) is 1.78. The molecule has 3 N–H and O–H groups in total. The fourth-order valence-corrected chi connectivity index (χ4v) is 0.625. The third kappa shape index (κ3) is 7.58. The molecule has 0 spiro atoms. The van der Waals surface area contributed by atoms with Gasteiger partial charge in [-0.05, 0) is 18.6 Å². The third-order valence-corrected chi connectivity index (χ3v) is 1.20. The number of hydrazone groups is 1. The van der Waals surface area contributed by atoms with Gasteiger partial charge in [-0.2, -0.15) is 0 Å². The summed E-state index contributed by atoms with van der Waals surface area (Å²) in [6, 6.07) is 0. The van der Waals surface area contributed by atoms with Crippen molar-refractivity contribution in [2.75, 3.05) is 13.2 Å². The first kappa shape index (κ1) is 9.56. The number of aliphatic hydroxyl groups is 1. The monoisotopic (exact) mass is 211 g/mol. The highest BCUT2D eigenvalue weighted by atomic mass is 32.1. The van der Waals surface area contributed by atoms with Crippen molar-refractivity contribution < 1.29 is 9.29 Å². The van der Waals surface area contributed by atoms with E-state index in [1.807, 2.05) is 0 Å². The number of nitrogens with one attached hydrogen (secondary N) is 2. The number of aliphatic hydroxyl groups excluding tert-OH is 1. The molecule has 0 amide bonds. The average molecular weight is 211 g/mol. The molecule has 7 heteroatoms. The molecular weight excluding hydrogens is 198 g/mol. The van der Waals surface area contributed by atoms with Gasteiger partial charge in [0.1, 0.15) is 1.12 Å². The summed E-state index contributed by atoms with van der Waals surface area (Å²) in [7, 11) is 0. The summed E-state index contributed by atoms with van der Waals surface area (Å²) >= 11 is 5.23. The van der Waals surface area contributed by atoms with Crippen LogP contribution in [0.15, 0.2) is 5.10 Å². The van der Waals surface area contributed by atoms with Crippen molar-refractivity contribution in [3.8, 4) is 0 Å². The van der Waals surface area contributed by atoms with Gasteiger partial charge < -0.3 is 14.6 Å².